The predicted octanol–water partition coefficient (Wildman–Crippen LogP) is 3.51. The number of fused-ring (bicyclic) bond motifs is 2. The van der Waals surface area contributed by atoms with E-state index in [0.29, 0.717) is 11.6 Å². The summed E-state index contributed by atoms with van der Waals surface area (Å²) in [6.07, 6.45) is 3.12. The Hall–Kier alpha value is -1.59. The summed E-state index contributed by atoms with van der Waals surface area (Å²) in [5.41, 5.74) is 1.84. The van der Waals surface area contributed by atoms with Crippen LogP contribution in [0.25, 0.3) is 0 Å². The van der Waals surface area contributed by atoms with Crippen LogP contribution in [-0.4, -0.2) is 47.9 Å². The van der Waals surface area contributed by atoms with Crippen LogP contribution in [-0.2, 0) is 10.2 Å². The Kier molecular flexibility index (Phi) is 7.74. The molecule has 29 heavy (non-hydrogen) atoms. The summed E-state index contributed by atoms with van der Waals surface area (Å²) >= 11 is 0. The quantitative estimate of drug-likeness (QED) is 0.781. The normalized spacial score (nSPS) is 22.6. The lowest BCUT2D eigenvalue weighted by Gasteiger charge is -2.33. The standard InChI is InChI=1S/C23H35N3O2.ClH/c1-15(2)20(22(28)26-18-10-11-19(26)14-24-13-12-18)25-21(27)16-6-8-17(9-7-16)23(3,4)5;/h6-9,15,18-20,24H,10-14H2,1-5H3,(H,25,27);1H. The van der Waals surface area contributed by atoms with Crippen molar-refractivity contribution in [3.05, 3.63) is 35.4 Å². The van der Waals surface area contributed by atoms with Crippen molar-refractivity contribution < 1.29 is 9.59 Å². The summed E-state index contributed by atoms with van der Waals surface area (Å²) in [4.78, 5) is 28.3. The minimum absolute atomic E-state index is 0. The third-order valence-electron chi connectivity index (χ3n) is 6.14. The second-order valence-corrected chi connectivity index (χ2v) is 9.65. The third-order valence-corrected chi connectivity index (χ3v) is 6.14. The predicted molar refractivity (Wildman–Crippen MR) is 120 cm³/mol. The fourth-order valence-electron chi connectivity index (χ4n) is 4.36. The molecule has 0 radical (unpaired) electrons. The van der Waals surface area contributed by atoms with Crippen molar-refractivity contribution in [2.24, 2.45) is 5.92 Å². The van der Waals surface area contributed by atoms with Crippen LogP contribution in [0, 0.1) is 5.92 Å². The maximum absolute atomic E-state index is 13.4. The highest BCUT2D eigenvalue weighted by atomic mass is 35.5. The first-order valence-electron chi connectivity index (χ1n) is 10.6. The number of carbonyl (C=O) groups excluding carboxylic acids is 2. The van der Waals surface area contributed by atoms with Gasteiger partial charge in [0.05, 0.1) is 0 Å². The van der Waals surface area contributed by atoms with E-state index >= 15 is 0 Å². The molecule has 3 rings (SSSR count). The van der Waals surface area contributed by atoms with Gasteiger partial charge in [-0.25, -0.2) is 0 Å². The van der Waals surface area contributed by atoms with Crippen LogP contribution in [0.4, 0.5) is 0 Å². The van der Waals surface area contributed by atoms with Crippen LogP contribution in [0.5, 0.6) is 0 Å². The van der Waals surface area contributed by atoms with Gasteiger partial charge in [0, 0.05) is 24.2 Å². The van der Waals surface area contributed by atoms with E-state index in [2.05, 4.69) is 36.3 Å². The van der Waals surface area contributed by atoms with Crippen molar-refractivity contribution in [3.63, 3.8) is 0 Å². The van der Waals surface area contributed by atoms with Gasteiger partial charge in [-0.2, -0.15) is 0 Å². The number of nitrogens with one attached hydrogen (secondary N) is 2. The van der Waals surface area contributed by atoms with E-state index < -0.39 is 6.04 Å². The van der Waals surface area contributed by atoms with Crippen molar-refractivity contribution in [1.29, 1.82) is 0 Å². The lowest BCUT2D eigenvalue weighted by molar-refractivity contribution is -0.137. The van der Waals surface area contributed by atoms with Crippen molar-refractivity contribution in [2.45, 2.75) is 77.4 Å². The number of amides is 2. The number of benzene rings is 1. The first kappa shape index (κ1) is 23.7. The minimum Gasteiger partial charge on any atom is -0.340 e. The molecular weight excluding hydrogens is 386 g/mol. The van der Waals surface area contributed by atoms with Crippen LogP contribution in [0.1, 0.15) is 69.8 Å². The minimum atomic E-state index is -0.490. The Morgan fingerprint density at radius 3 is 2.28 bits per heavy atom. The molecule has 0 spiro atoms. The molecule has 2 saturated heterocycles. The molecule has 2 N–H and O–H groups in total. The summed E-state index contributed by atoms with van der Waals surface area (Å²) in [6.45, 7) is 12.3. The molecule has 0 aromatic heterocycles. The number of halogens is 1. The van der Waals surface area contributed by atoms with Gasteiger partial charge < -0.3 is 15.5 Å². The van der Waals surface area contributed by atoms with E-state index in [1.807, 2.05) is 38.1 Å². The highest BCUT2D eigenvalue weighted by molar-refractivity contribution is 5.97. The lowest BCUT2D eigenvalue weighted by Crippen LogP contribution is -2.55. The molecular formula is C23H36ClN3O2. The topological polar surface area (TPSA) is 61.4 Å². The van der Waals surface area contributed by atoms with Crippen molar-refractivity contribution >= 4 is 24.2 Å². The third kappa shape index (κ3) is 5.32. The number of carbonyl (C=O) groups is 2. The molecule has 3 unspecified atom stereocenters. The van der Waals surface area contributed by atoms with Gasteiger partial charge in [-0.3, -0.25) is 9.59 Å². The molecule has 162 valence electrons. The second kappa shape index (κ2) is 9.48. The van der Waals surface area contributed by atoms with Gasteiger partial charge in [0.1, 0.15) is 6.04 Å². The Bertz CT molecular complexity index is 698. The summed E-state index contributed by atoms with van der Waals surface area (Å²) in [5, 5.41) is 6.46. The maximum atomic E-state index is 13.4. The van der Waals surface area contributed by atoms with Crippen molar-refractivity contribution in [2.75, 3.05) is 13.1 Å². The number of nitrogens with zero attached hydrogens (tertiary/aromatic N) is 1. The average Bonchev–Trinajstić information content (AvgIpc) is 2.90. The molecule has 1 aromatic carbocycles. The SMILES string of the molecule is CC(C)C(NC(=O)c1ccc(C(C)(C)C)cc1)C(=O)N1C2CCNCC1CC2.Cl. The van der Waals surface area contributed by atoms with Crippen LogP contribution >= 0.6 is 12.4 Å². The molecule has 2 fully saturated rings. The van der Waals surface area contributed by atoms with Gasteiger partial charge in [0.2, 0.25) is 5.91 Å². The Morgan fingerprint density at radius 2 is 1.69 bits per heavy atom. The summed E-state index contributed by atoms with van der Waals surface area (Å²) < 4.78 is 0. The van der Waals surface area contributed by atoms with Gasteiger partial charge >= 0.3 is 0 Å². The van der Waals surface area contributed by atoms with Gasteiger partial charge in [-0.05, 0) is 54.8 Å². The Morgan fingerprint density at radius 1 is 1.07 bits per heavy atom. The molecule has 0 aliphatic carbocycles. The molecule has 5 nitrogen and oxygen atoms in total. The zero-order chi connectivity index (χ0) is 20.5. The first-order chi connectivity index (χ1) is 13.2. The number of hydrogen-bond donors (Lipinski definition) is 2. The van der Waals surface area contributed by atoms with Crippen molar-refractivity contribution in [3.8, 4) is 0 Å². The Labute approximate surface area is 181 Å². The Balaban J connectivity index is 0.00000300. The number of rotatable bonds is 4. The lowest BCUT2D eigenvalue weighted by atomic mass is 9.86. The molecule has 2 amide bonds. The highest BCUT2D eigenvalue weighted by Gasteiger charge is 2.41. The largest absolute Gasteiger partial charge is 0.340 e. The fourth-order valence-corrected chi connectivity index (χ4v) is 4.36. The second-order valence-electron chi connectivity index (χ2n) is 9.65. The maximum Gasteiger partial charge on any atom is 0.251 e. The van der Waals surface area contributed by atoms with Crippen LogP contribution in [0.3, 0.4) is 0 Å². The average molecular weight is 422 g/mol. The van der Waals surface area contributed by atoms with Crippen molar-refractivity contribution in [1.82, 2.24) is 15.5 Å². The zero-order valence-corrected chi connectivity index (χ0v) is 19.1. The molecule has 3 atom stereocenters. The van der Waals surface area contributed by atoms with E-state index in [4.69, 9.17) is 0 Å². The van der Waals surface area contributed by atoms with Crippen LogP contribution < -0.4 is 10.6 Å². The zero-order valence-electron chi connectivity index (χ0n) is 18.3. The molecule has 1 aromatic rings. The van der Waals surface area contributed by atoms with Gasteiger partial charge in [-0.1, -0.05) is 46.8 Å². The summed E-state index contributed by atoms with van der Waals surface area (Å²) in [6, 6.07) is 7.79. The van der Waals surface area contributed by atoms with Gasteiger partial charge in [0.15, 0.2) is 0 Å². The highest BCUT2D eigenvalue weighted by Crippen LogP contribution is 2.29. The molecule has 2 aliphatic heterocycles. The monoisotopic (exact) mass is 421 g/mol. The van der Waals surface area contributed by atoms with E-state index in [9.17, 15) is 9.59 Å². The molecule has 0 saturated carbocycles. The fraction of sp³-hybridized carbons (Fsp3) is 0.652. The van der Waals surface area contributed by atoms with E-state index in [1.54, 1.807) is 0 Å². The number of hydrogen-bond acceptors (Lipinski definition) is 3. The van der Waals surface area contributed by atoms with Gasteiger partial charge in [0.25, 0.3) is 5.91 Å². The van der Waals surface area contributed by atoms with E-state index in [0.717, 1.165) is 32.4 Å². The summed E-state index contributed by atoms with van der Waals surface area (Å²) in [7, 11) is 0. The molecule has 2 bridgehead atoms. The molecule has 2 heterocycles. The molecule has 2 aliphatic rings. The van der Waals surface area contributed by atoms with Crippen LogP contribution in [0.15, 0.2) is 24.3 Å². The van der Waals surface area contributed by atoms with Gasteiger partial charge in [-0.15, -0.1) is 12.4 Å². The van der Waals surface area contributed by atoms with Crippen LogP contribution in [0.2, 0.25) is 0 Å². The summed E-state index contributed by atoms with van der Waals surface area (Å²) in [5.74, 6) is -0.0559. The smallest absolute Gasteiger partial charge is 0.251 e. The molecule has 6 heteroatoms. The first-order valence-corrected chi connectivity index (χ1v) is 10.6. The van der Waals surface area contributed by atoms with E-state index in [1.165, 1.54) is 5.56 Å². The van der Waals surface area contributed by atoms with E-state index in [-0.39, 0.29) is 41.6 Å².